The molecule has 23 heavy (non-hydrogen) atoms. The van der Waals surface area contributed by atoms with Gasteiger partial charge in [-0.1, -0.05) is 35.3 Å². The second-order valence-corrected chi connectivity index (χ2v) is 6.59. The third kappa shape index (κ3) is 3.72. The Morgan fingerprint density at radius 1 is 1.17 bits per heavy atom. The summed E-state index contributed by atoms with van der Waals surface area (Å²) in [7, 11) is 0. The third-order valence-corrected chi connectivity index (χ3v) is 4.69. The summed E-state index contributed by atoms with van der Waals surface area (Å²) in [4.78, 5) is 17.8. The molecule has 1 N–H and O–H groups in total. The fraction of sp³-hybridized carbons (Fsp3) is 0.0588. The third-order valence-electron chi connectivity index (χ3n) is 3.26. The van der Waals surface area contributed by atoms with Gasteiger partial charge in [0.1, 0.15) is 0 Å². The van der Waals surface area contributed by atoms with Crippen LogP contribution in [-0.4, -0.2) is 10.9 Å². The number of thiophene rings is 1. The number of amides is 1. The molecule has 0 aliphatic heterocycles. The number of carbonyl (C=O) groups excluding carboxylic acids is 1. The first-order valence-corrected chi connectivity index (χ1v) is 8.50. The van der Waals surface area contributed by atoms with E-state index in [9.17, 15) is 4.79 Å². The minimum absolute atomic E-state index is 0.243. The molecule has 0 aliphatic rings. The van der Waals surface area contributed by atoms with Gasteiger partial charge in [-0.25, -0.2) is 0 Å². The van der Waals surface area contributed by atoms with Crippen LogP contribution in [-0.2, 0) is 6.54 Å². The van der Waals surface area contributed by atoms with Gasteiger partial charge in [0, 0.05) is 17.8 Å². The van der Waals surface area contributed by atoms with Crippen molar-refractivity contribution in [2.45, 2.75) is 6.54 Å². The average Bonchev–Trinajstić information content (AvgIpc) is 3.07. The van der Waals surface area contributed by atoms with Crippen LogP contribution in [0.3, 0.4) is 0 Å². The van der Waals surface area contributed by atoms with Gasteiger partial charge in [-0.15, -0.1) is 11.3 Å². The number of aromatic nitrogens is 1. The van der Waals surface area contributed by atoms with Crippen molar-refractivity contribution in [2.75, 3.05) is 0 Å². The summed E-state index contributed by atoms with van der Waals surface area (Å²) >= 11 is 13.5. The van der Waals surface area contributed by atoms with E-state index in [2.05, 4.69) is 10.3 Å². The second kappa shape index (κ2) is 7.13. The highest BCUT2D eigenvalue weighted by atomic mass is 35.5. The van der Waals surface area contributed by atoms with E-state index in [1.165, 1.54) is 0 Å². The summed E-state index contributed by atoms with van der Waals surface area (Å²) in [6.07, 6.45) is 1.75. The van der Waals surface area contributed by atoms with Gasteiger partial charge in [-0.3, -0.25) is 9.78 Å². The van der Waals surface area contributed by atoms with Gasteiger partial charge in [0.05, 0.1) is 21.2 Å². The Kier molecular flexibility index (Phi) is 4.96. The number of hydrogen-bond acceptors (Lipinski definition) is 3. The highest BCUT2D eigenvalue weighted by Crippen LogP contribution is 2.26. The Bertz CT molecular complexity index is 834. The first kappa shape index (κ1) is 16.0. The molecule has 1 amide bonds. The summed E-state index contributed by atoms with van der Waals surface area (Å²) in [6.45, 7) is 0.374. The van der Waals surface area contributed by atoms with Crippen molar-refractivity contribution in [1.82, 2.24) is 10.3 Å². The van der Waals surface area contributed by atoms with Crippen molar-refractivity contribution in [3.8, 4) is 10.6 Å². The quantitative estimate of drug-likeness (QED) is 0.705. The van der Waals surface area contributed by atoms with E-state index in [1.54, 1.807) is 35.7 Å². The lowest BCUT2D eigenvalue weighted by molar-refractivity contribution is 0.0951. The minimum Gasteiger partial charge on any atom is -0.348 e. The van der Waals surface area contributed by atoms with Gasteiger partial charge in [-0.05, 0) is 41.3 Å². The lowest BCUT2D eigenvalue weighted by Crippen LogP contribution is -2.23. The maximum absolute atomic E-state index is 12.3. The minimum atomic E-state index is -0.243. The van der Waals surface area contributed by atoms with Crippen molar-refractivity contribution in [2.24, 2.45) is 0 Å². The number of halogens is 2. The van der Waals surface area contributed by atoms with Gasteiger partial charge in [0.2, 0.25) is 0 Å². The second-order valence-electron chi connectivity index (χ2n) is 4.80. The normalized spacial score (nSPS) is 10.5. The molecule has 2 aromatic heterocycles. The molecular formula is C17H12Cl2N2OS. The highest BCUT2D eigenvalue weighted by Gasteiger charge is 2.12. The van der Waals surface area contributed by atoms with E-state index in [0.29, 0.717) is 22.2 Å². The fourth-order valence-corrected chi connectivity index (χ4v) is 3.41. The monoisotopic (exact) mass is 362 g/mol. The molecular weight excluding hydrogens is 351 g/mol. The molecule has 0 radical (unpaired) electrons. The van der Waals surface area contributed by atoms with E-state index in [0.717, 1.165) is 16.1 Å². The van der Waals surface area contributed by atoms with Crippen LogP contribution in [0.1, 0.15) is 15.9 Å². The molecule has 0 bridgehead atoms. The number of pyridine rings is 1. The predicted octanol–water partition coefficient (Wildman–Crippen LogP) is 5.05. The van der Waals surface area contributed by atoms with E-state index >= 15 is 0 Å². The smallest absolute Gasteiger partial charge is 0.253 e. The zero-order valence-corrected chi connectivity index (χ0v) is 14.3. The van der Waals surface area contributed by atoms with E-state index < -0.39 is 0 Å². The van der Waals surface area contributed by atoms with E-state index in [4.69, 9.17) is 23.2 Å². The molecule has 0 saturated heterocycles. The summed E-state index contributed by atoms with van der Waals surface area (Å²) in [6, 6.07) is 12.6. The largest absolute Gasteiger partial charge is 0.348 e. The lowest BCUT2D eigenvalue weighted by atomic mass is 10.1. The Morgan fingerprint density at radius 2 is 2.04 bits per heavy atom. The predicted molar refractivity (Wildman–Crippen MR) is 95.2 cm³/mol. The fourth-order valence-electron chi connectivity index (χ4n) is 2.16. The Morgan fingerprint density at radius 3 is 2.78 bits per heavy atom. The van der Waals surface area contributed by atoms with Crippen molar-refractivity contribution < 1.29 is 4.79 Å². The standard InChI is InChI=1S/C17H12Cl2N2OS/c18-12-5-6-13(14(19)9-12)17(22)21-10-11-3-1-7-20-16(11)15-4-2-8-23-15/h1-9H,10H2,(H,21,22). The molecule has 1 aromatic carbocycles. The van der Waals surface area contributed by atoms with Gasteiger partial charge in [0.15, 0.2) is 0 Å². The summed E-state index contributed by atoms with van der Waals surface area (Å²) in [5.41, 5.74) is 2.23. The molecule has 0 fully saturated rings. The molecule has 2 heterocycles. The van der Waals surface area contributed by atoms with Crippen LogP contribution in [0.2, 0.25) is 10.0 Å². The summed E-state index contributed by atoms with van der Waals surface area (Å²) in [5.74, 6) is -0.243. The zero-order chi connectivity index (χ0) is 16.2. The van der Waals surface area contributed by atoms with Crippen molar-refractivity contribution in [3.05, 3.63) is 75.2 Å². The van der Waals surface area contributed by atoms with Crippen LogP contribution in [0.15, 0.2) is 54.0 Å². The van der Waals surface area contributed by atoms with Crippen molar-refractivity contribution in [1.29, 1.82) is 0 Å². The molecule has 3 nitrogen and oxygen atoms in total. The van der Waals surface area contributed by atoms with Crippen LogP contribution >= 0.6 is 34.5 Å². The van der Waals surface area contributed by atoms with Crippen LogP contribution in [0.5, 0.6) is 0 Å². The van der Waals surface area contributed by atoms with Gasteiger partial charge in [0.25, 0.3) is 5.91 Å². The molecule has 6 heteroatoms. The zero-order valence-electron chi connectivity index (χ0n) is 11.9. The van der Waals surface area contributed by atoms with Crippen molar-refractivity contribution >= 4 is 40.4 Å². The number of rotatable bonds is 4. The molecule has 0 spiro atoms. The Hall–Kier alpha value is -1.88. The SMILES string of the molecule is O=C(NCc1cccnc1-c1cccs1)c1ccc(Cl)cc1Cl. The molecule has 116 valence electrons. The molecule has 0 unspecified atom stereocenters. The van der Waals surface area contributed by atoms with E-state index in [-0.39, 0.29) is 5.91 Å². The molecule has 0 atom stereocenters. The average molecular weight is 363 g/mol. The van der Waals surface area contributed by atoms with Gasteiger partial charge in [-0.2, -0.15) is 0 Å². The van der Waals surface area contributed by atoms with Crippen LogP contribution in [0.25, 0.3) is 10.6 Å². The van der Waals surface area contributed by atoms with Crippen molar-refractivity contribution in [3.63, 3.8) is 0 Å². The summed E-state index contributed by atoms with van der Waals surface area (Å²) in [5, 5.41) is 5.71. The molecule has 0 aliphatic carbocycles. The Balaban J connectivity index is 1.77. The molecule has 0 saturated carbocycles. The number of nitrogens with one attached hydrogen (secondary N) is 1. The molecule has 3 rings (SSSR count). The summed E-state index contributed by atoms with van der Waals surface area (Å²) < 4.78 is 0. The number of benzene rings is 1. The van der Waals surface area contributed by atoms with Gasteiger partial charge >= 0.3 is 0 Å². The Labute approximate surface area is 147 Å². The first-order chi connectivity index (χ1) is 11.1. The number of carbonyl (C=O) groups is 1. The highest BCUT2D eigenvalue weighted by molar-refractivity contribution is 7.13. The molecule has 3 aromatic rings. The maximum Gasteiger partial charge on any atom is 0.253 e. The number of hydrogen-bond donors (Lipinski definition) is 1. The van der Waals surface area contributed by atoms with Crippen LogP contribution in [0, 0.1) is 0 Å². The number of nitrogens with zero attached hydrogens (tertiary/aromatic N) is 1. The maximum atomic E-state index is 12.3. The lowest BCUT2D eigenvalue weighted by Gasteiger charge is -2.10. The van der Waals surface area contributed by atoms with E-state index in [1.807, 2.05) is 29.6 Å². The van der Waals surface area contributed by atoms with Crippen LogP contribution < -0.4 is 5.32 Å². The topological polar surface area (TPSA) is 42.0 Å². The van der Waals surface area contributed by atoms with Gasteiger partial charge < -0.3 is 5.32 Å². The first-order valence-electron chi connectivity index (χ1n) is 6.86. The van der Waals surface area contributed by atoms with Crippen LogP contribution in [0.4, 0.5) is 0 Å².